The van der Waals surface area contributed by atoms with Gasteiger partial charge in [-0.25, -0.2) is 4.98 Å². The van der Waals surface area contributed by atoms with E-state index in [0.717, 1.165) is 4.68 Å². The molecule has 0 radical (unpaired) electrons. The number of hydrogen-bond donors (Lipinski definition) is 0. The van der Waals surface area contributed by atoms with E-state index in [4.69, 9.17) is 27.9 Å². The Bertz CT molecular complexity index is 911. The third-order valence-electron chi connectivity index (χ3n) is 4.67. The highest BCUT2D eigenvalue weighted by molar-refractivity contribution is 6.32. The molecule has 0 atom stereocenters. The summed E-state index contributed by atoms with van der Waals surface area (Å²) in [5, 5.41) is 3.38. The Morgan fingerprint density at radius 3 is 2.45 bits per heavy atom. The molecule has 29 heavy (non-hydrogen) atoms. The first-order valence-corrected chi connectivity index (χ1v) is 9.39. The van der Waals surface area contributed by atoms with E-state index in [1.54, 1.807) is 11.0 Å². The van der Waals surface area contributed by atoms with E-state index in [1.807, 2.05) is 4.90 Å². The van der Waals surface area contributed by atoms with Crippen molar-refractivity contribution in [3.63, 3.8) is 0 Å². The molecule has 1 amide bonds. The summed E-state index contributed by atoms with van der Waals surface area (Å²) >= 11 is 11.7. The summed E-state index contributed by atoms with van der Waals surface area (Å²) in [6, 6.07) is 1.72. The molecule has 0 N–H and O–H groups in total. The van der Waals surface area contributed by atoms with Gasteiger partial charge in [-0.1, -0.05) is 23.2 Å². The maximum absolute atomic E-state index is 12.9. The molecule has 0 spiro atoms. The molecule has 158 valence electrons. The van der Waals surface area contributed by atoms with Crippen LogP contribution in [-0.2, 0) is 17.5 Å². The number of rotatable bonds is 4. The first-order valence-electron chi connectivity index (χ1n) is 8.64. The van der Waals surface area contributed by atoms with Crippen LogP contribution in [0.4, 0.5) is 19.0 Å². The highest BCUT2D eigenvalue weighted by Crippen LogP contribution is 2.35. The van der Waals surface area contributed by atoms with Gasteiger partial charge in [0.05, 0.1) is 24.0 Å². The van der Waals surface area contributed by atoms with E-state index in [0.29, 0.717) is 42.8 Å². The molecule has 3 heterocycles. The minimum atomic E-state index is -4.67. The predicted molar refractivity (Wildman–Crippen MR) is 102 cm³/mol. The lowest BCUT2D eigenvalue weighted by molar-refractivity contribution is -0.142. The van der Waals surface area contributed by atoms with Gasteiger partial charge in [0.1, 0.15) is 23.1 Å². The van der Waals surface area contributed by atoms with Crippen molar-refractivity contribution in [1.82, 2.24) is 19.7 Å². The SMILES string of the molecule is COc1cc(N2CCN(C(=O)Cn3nc(C(F)(F)F)c(Cl)c3C)CC2)ncc1Cl. The summed E-state index contributed by atoms with van der Waals surface area (Å²) in [7, 11) is 1.51. The maximum atomic E-state index is 12.9. The van der Waals surface area contributed by atoms with Crippen LogP contribution in [0.25, 0.3) is 0 Å². The minimum absolute atomic E-state index is 0.100. The van der Waals surface area contributed by atoms with Gasteiger partial charge in [0.25, 0.3) is 0 Å². The van der Waals surface area contributed by atoms with Crippen LogP contribution in [0.3, 0.4) is 0 Å². The number of amides is 1. The van der Waals surface area contributed by atoms with E-state index >= 15 is 0 Å². The first-order chi connectivity index (χ1) is 13.6. The molecule has 0 aromatic carbocycles. The van der Waals surface area contributed by atoms with Crippen LogP contribution in [-0.4, -0.2) is 58.9 Å². The summed E-state index contributed by atoms with van der Waals surface area (Å²) in [6.45, 7) is 2.90. The number of alkyl halides is 3. The molecule has 1 aliphatic heterocycles. The van der Waals surface area contributed by atoms with Gasteiger partial charge in [-0.2, -0.15) is 18.3 Å². The lowest BCUT2D eigenvalue weighted by atomic mass is 10.3. The summed E-state index contributed by atoms with van der Waals surface area (Å²) in [5.74, 6) is 0.840. The van der Waals surface area contributed by atoms with Crippen LogP contribution in [0, 0.1) is 6.92 Å². The molecule has 12 heteroatoms. The van der Waals surface area contributed by atoms with Gasteiger partial charge >= 0.3 is 6.18 Å². The lowest BCUT2D eigenvalue weighted by Gasteiger charge is -2.35. The van der Waals surface area contributed by atoms with Crippen molar-refractivity contribution >= 4 is 34.9 Å². The summed E-state index contributed by atoms with van der Waals surface area (Å²) < 4.78 is 45.0. The Kier molecular flexibility index (Phi) is 6.13. The largest absolute Gasteiger partial charge is 0.495 e. The number of piperazine rings is 1. The maximum Gasteiger partial charge on any atom is 0.436 e. The number of anilines is 1. The molecule has 0 aliphatic carbocycles. The monoisotopic (exact) mass is 451 g/mol. The third kappa shape index (κ3) is 4.53. The van der Waals surface area contributed by atoms with Gasteiger partial charge in [-0.3, -0.25) is 9.48 Å². The molecule has 2 aromatic heterocycles. The lowest BCUT2D eigenvalue weighted by Crippen LogP contribution is -2.50. The van der Waals surface area contributed by atoms with Crippen LogP contribution in [0.5, 0.6) is 5.75 Å². The number of hydrogen-bond acceptors (Lipinski definition) is 5. The topological polar surface area (TPSA) is 63.5 Å². The summed E-state index contributed by atoms with van der Waals surface area (Å²) in [6.07, 6.45) is -3.18. The van der Waals surface area contributed by atoms with Crippen molar-refractivity contribution in [2.45, 2.75) is 19.6 Å². The molecular weight excluding hydrogens is 434 g/mol. The smallest absolute Gasteiger partial charge is 0.436 e. The van der Waals surface area contributed by atoms with Gasteiger partial charge in [0, 0.05) is 32.2 Å². The molecule has 0 saturated carbocycles. The molecule has 3 rings (SSSR count). The van der Waals surface area contributed by atoms with Gasteiger partial charge in [-0.15, -0.1) is 0 Å². The second kappa shape index (κ2) is 8.27. The van der Waals surface area contributed by atoms with E-state index in [9.17, 15) is 18.0 Å². The van der Waals surface area contributed by atoms with Crippen molar-refractivity contribution in [3.05, 3.63) is 33.7 Å². The molecule has 1 fully saturated rings. The average molecular weight is 452 g/mol. The Labute approximate surface area is 174 Å². The molecule has 7 nitrogen and oxygen atoms in total. The standard InChI is InChI=1S/C17H18Cl2F3N5O2/c1-10-15(19)16(17(20,21)22)24-27(10)9-14(28)26-5-3-25(4-6-26)13-7-12(29-2)11(18)8-23-13/h7-8H,3-6,9H2,1-2H3. The third-order valence-corrected chi connectivity index (χ3v) is 5.41. The fourth-order valence-corrected chi connectivity index (χ4v) is 3.43. The fraction of sp³-hybridized carbons (Fsp3) is 0.471. The molecule has 0 unspecified atom stereocenters. The summed E-state index contributed by atoms with van der Waals surface area (Å²) in [5.41, 5.74) is -1.08. The van der Waals surface area contributed by atoms with Crippen molar-refractivity contribution < 1.29 is 22.7 Å². The van der Waals surface area contributed by atoms with Crippen molar-refractivity contribution in [3.8, 4) is 5.75 Å². The number of methoxy groups -OCH3 is 1. The Morgan fingerprint density at radius 2 is 1.90 bits per heavy atom. The highest BCUT2D eigenvalue weighted by Gasteiger charge is 2.38. The molecule has 1 saturated heterocycles. The number of pyridine rings is 1. The number of halogens is 5. The average Bonchev–Trinajstić information content (AvgIpc) is 2.97. The minimum Gasteiger partial charge on any atom is -0.495 e. The van der Waals surface area contributed by atoms with E-state index in [1.165, 1.54) is 20.2 Å². The van der Waals surface area contributed by atoms with Gasteiger partial charge in [0.2, 0.25) is 5.91 Å². The fourth-order valence-electron chi connectivity index (χ4n) is 3.01. The molecular formula is C17H18Cl2F3N5O2. The second-order valence-corrected chi connectivity index (χ2v) is 7.23. The Hall–Kier alpha value is -2.20. The Balaban J connectivity index is 1.64. The van der Waals surface area contributed by atoms with Gasteiger partial charge in [-0.05, 0) is 6.92 Å². The van der Waals surface area contributed by atoms with Crippen LogP contribution >= 0.6 is 23.2 Å². The predicted octanol–water partition coefficient (Wildman–Crippen LogP) is 3.27. The van der Waals surface area contributed by atoms with Gasteiger partial charge < -0.3 is 14.5 Å². The number of carbonyl (C=O) groups excluding carboxylic acids is 1. The van der Waals surface area contributed by atoms with E-state index in [-0.39, 0.29) is 18.1 Å². The Morgan fingerprint density at radius 1 is 1.24 bits per heavy atom. The van der Waals surface area contributed by atoms with Crippen LogP contribution in [0.15, 0.2) is 12.3 Å². The number of ether oxygens (including phenoxy) is 1. The molecule has 1 aliphatic rings. The van der Waals surface area contributed by atoms with Crippen molar-refractivity contribution in [2.75, 3.05) is 38.2 Å². The number of aromatic nitrogens is 3. The summed E-state index contributed by atoms with van der Waals surface area (Å²) in [4.78, 5) is 20.4. The normalized spacial score (nSPS) is 15.0. The number of carbonyl (C=O) groups is 1. The highest BCUT2D eigenvalue weighted by atomic mass is 35.5. The van der Waals surface area contributed by atoms with Crippen LogP contribution in [0.1, 0.15) is 11.4 Å². The van der Waals surface area contributed by atoms with Crippen molar-refractivity contribution in [1.29, 1.82) is 0 Å². The zero-order valence-corrected chi connectivity index (χ0v) is 17.1. The zero-order chi connectivity index (χ0) is 21.3. The molecule has 0 bridgehead atoms. The molecule has 2 aromatic rings. The first kappa shape index (κ1) is 21.5. The van der Waals surface area contributed by atoms with E-state index in [2.05, 4.69) is 10.1 Å². The van der Waals surface area contributed by atoms with Gasteiger partial charge in [0.15, 0.2) is 5.69 Å². The van der Waals surface area contributed by atoms with Crippen LogP contribution in [0.2, 0.25) is 10.0 Å². The number of nitrogens with zero attached hydrogens (tertiary/aromatic N) is 5. The van der Waals surface area contributed by atoms with Crippen LogP contribution < -0.4 is 9.64 Å². The quantitative estimate of drug-likeness (QED) is 0.713. The van der Waals surface area contributed by atoms with Crippen molar-refractivity contribution in [2.24, 2.45) is 0 Å². The van der Waals surface area contributed by atoms with E-state index < -0.39 is 16.9 Å². The second-order valence-electron chi connectivity index (χ2n) is 6.45. The zero-order valence-electron chi connectivity index (χ0n) is 15.6.